The van der Waals surface area contributed by atoms with E-state index in [1.54, 1.807) is 29.7 Å². The van der Waals surface area contributed by atoms with Crippen LogP contribution < -0.4 is 5.32 Å². The standard InChI is InChI=1S/C21H21F3N4O2S/c22-21(23,24)17-8-9-25-20(28-17)27-15-3-1-2-14(10-15)16-11-26-18(31-16)12-4-6-13(7-5-12)19(29)30/h1-3,8-13,19,29-30H,4-7H2,(H,25,27,28). The molecule has 6 nitrogen and oxygen atoms in total. The molecule has 1 saturated carbocycles. The summed E-state index contributed by atoms with van der Waals surface area (Å²) in [4.78, 5) is 12.9. The van der Waals surface area contributed by atoms with E-state index in [1.807, 2.05) is 12.1 Å². The third-order valence-corrected chi connectivity index (χ3v) is 6.62. The number of aliphatic hydroxyl groups excluding tert-OH is 1. The van der Waals surface area contributed by atoms with Crippen molar-refractivity contribution < 1.29 is 23.4 Å². The zero-order valence-electron chi connectivity index (χ0n) is 16.4. The summed E-state index contributed by atoms with van der Waals surface area (Å²) < 4.78 is 38.6. The van der Waals surface area contributed by atoms with Crippen LogP contribution in [0.3, 0.4) is 0 Å². The molecule has 0 unspecified atom stereocenters. The van der Waals surface area contributed by atoms with Crippen molar-refractivity contribution in [2.75, 3.05) is 5.32 Å². The molecular weight excluding hydrogens is 429 g/mol. The summed E-state index contributed by atoms with van der Waals surface area (Å²) in [5.41, 5.74) is 0.459. The molecule has 0 saturated heterocycles. The molecule has 0 radical (unpaired) electrons. The minimum absolute atomic E-state index is 0.0727. The lowest BCUT2D eigenvalue weighted by Gasteiger charge is -2.28. The first-order valence-corrected chi connectivity index (χ1v) is 10.7. The zero-order valence-corrected chi connectivity index (χ0v) is 17.2. The van der Waals surface area contributed by atoms with Crippen molar-refractivity contribution in [2.45, 2.75) is 44.1 Å². The molecular formula is C21H21F3N4O2S. The fourth-order valence-corrected chi connectivity index (χ4v) is 4.81. The number of hydrogen-bond acceptors (Lipinski definition) is 7. The lowest BCUT2D eigenvalue weighted by Crippen LogP contribution is -2.24. The van der Waals surface area contributed by atoms with Crippen LogP contribution in [0.1, 0.15) is 42.3 Å². The monoisotopic (exact) mass is 450 g/mol. The van der Waals surface area contributed by atoms with Crippen LogP contribution in [0.15, 0.2) is 42.7 Å². The molecule has 0 aliphatic heterocycles. The van der Waals surface area contributed by atoms with Gasteiger partial charge in [-0.2, -0.15) is 13.2 Å². The molecule has 10 heteroatoms. The molecule has 0 spiro atoms. The zero-order chi connectivity index (χ0) is 22.0. The van der Waals surface area contributed by atoms with Gasteiger partial charge in [-0.1, -0.05) is 12.1 Å². The predicted octanol–water partition coefficient (Wildman–Crippen LogP) is 4.95. The third kappa shape index (κ3) is 5.20. The minimum Gasteiger partial charge on any atom is -0.368 e. The van der Waals surface area contributed by atoms with Gasteiger partial charge in [0.2, 0.25) is 5.95 Å². The van der Waals surface area contributed by atoms with Crippen LogP contribution in [0.25, 0.3) is 10.4 Å². The number of nitrogens with zero attached hydrogens (tertiary/aromatic N) is 3. The van der Waals surface area contributed by atoms with E-state index in [0.29, 0.717) is 11.6 Å². The molecule has 0 atom stereocenters. The number of aromatic nitrogens is 3. The van der Waals surface area contributed by atoms with Crippen molar-refractivity contribution in [3.05, 3.63) is 53.4 Å². The molecule has 2 aromatic heterocycles. The second-order valence-corrected chi connectivity index (χ2v) is 8.62. The van der Waals surface area contributed by atoms with Gasteiger partial charge in [-0.3, -0.25) is 0 Å². The quantitative estimate of drug-likeness (QED) is 0.477. The van der Waals surface area contributed by atoms with Crippen molar-refractivity contribution in [2.24, 2.45) is 5.92 Å². The second-order valence-electron chi connectivity index (χ2n) is 7.56. The van der Waals surface area contributed by atoms with Gasteiger partial charge in [-0.05, 0) is 49.4 Å². The Kier molecular flexibility index (Phi) is 6.22. The Bertz CT molecular complexity index is 1030. The first-order valence-electron chi connectivity index (χ1n) is 9.89. The fourth-order valence-electron chi connectivity index (χ4n) is 3.73. The van der Waals surface area contributed by atoms with Crippen LogP contribution in [-0.2, 0) is 6.18 Å². The maximum absolute atomic E-state index is 12.9. The van der Waals surface area contributed by atoms with E-state index in [1.165, 1.54) is 0 Å². The second kappa shape index (κ2) is 8.89. The number of alkyl halides is 3. The minimum atomic E-state index is -4.53. The molecule has 31 heavy (non-hydrogen) atoms. The number of benzene rings is 1. The third-order valence-electron chi connectivity index (χ3n) is 5.42. The first kappa shape index (κ1) is 21.7. The maximum atomic E-state index is 12.9. The van der Waals surface area contributed by atoms with Gasteiger partial charge in [0.25, 0.3) is 0 Å². The molecule has 0 amide bonds. The highest BCUT2D eigenvalue weighted by Gasteiger charge is 2.33. The Balaban J connectivity index is 1.47. The highest BCUT2D eigenvalue weighted by Crippen LogP contribution is 2.40. The van der Waals surface area contributed by atoms with E-state index in [9.17, 15) is 23.4 Å². The Morgan fingerprint density at radius 1 is 1.06 bits per heavy atom. The number of thiazole rings is 1. The van der Waals surface area contributed by atoms with Gasteiger partial charge >= 0.3 is 6.18 Å². The Hall–Kier alpha value is -2.56. The average molecular weight is 450 g/mol. The van der Waals surface area contributed by atoms with Gasteiger partial charge in [-0.25, -0.2) is 15.0 Å². The van der Waals surface area contributed by atoms with E-state index < -0.39 is 18.2 Å². The van der Waals surface area contributed by atoms with E-state index in [-0.39, 0.29) is 11.9 Å². The van der Waals surface area contributed by atoms with Gasteiger partial charge in [0.05, 0.1) is 9.88 Å². The number of aliphatic hydroxyl groups is 2. The van der Waals surface area contributed by atoms with Gasteiger partial charge < -0.3 is 15.5 Å². The molecule has 0 bridgehead atoms. The first-order chi connectivity index (χ1) is 14.8. The van der Waals surface area contributed by atoms with Gasteiger partial charge in [0.15, 0.2) is 6.29 Å². The predicted molar refractivity (Wildman–Crippen MR) is 111 cm³/mol. The van der Waals surface area contributed by atoms with Gasteiger partial charge in [0, 0.05) is 29.9 Å². The van der Waals surface area contributed by atoms with Crippen LogP contribution in [0.5, 0.6) is 0 Å². The number of anilines is 2. The Morgan fingerprint density at radius 2 is 1.84 bits per heavy atom. The van der Waals surface area contributed by atoms with Crippen LogP contribution in [0.2, 0.25) is 0 Å². The van der Waals surface area contributed by atoms with Gasteiger partial charge in [0.1, 0.15) is 5.69 Å². The molecule has 164 valence electrons. The summed E-state index contributed by atoms with van der Waals surface area (Å²) in [6.45, 7) is 0. The summed E-state index contributed by atoms with van der Waals surface area (Å²) in [5, 5.41) is 22.5. The number of halogens is 3. The van der Waals surface area contributed by atoms with Crippen LogP contribution in [-0.4, -0.2) is 31.5 Å². The highest BCUT2D eigenvalue weighted by molar-refractivity contribution is 7.15. The van der Waals surface area contributed by atoms with Crippen molar-refractivity contribution in [3.8, 4) is 10.4 Å². The van der Waals surface area contributed by atoms with E-state index >= 15 is 0 Å². The van der Waals surface area contributed by atoms with Gasteiger partial charge in [-0.15, -0.1) is 11.3 Å². The molecule has 3 N–H and O–H groups in total. The smallest absolute Gasteiger partial charge is 0.368 e. The Labute approximate surface area is 180 Å². The van der Waals surface area contributed by atoms with Crippen molar-refractivity contribution >= 4 is 23.0 Å². The topological polar surface area (TPSA) is 91.2 Å². The molecule has 1 fully saturated rings. The molecule has 4 rings (SSSR count). The normalized spacial score (nSPS) is 19.5. The van der Waals surface area contributed by atoms with Crippen molar-refractivity contribution in [1.29, 1.82) is 0 Å². The molecule has 2 heterocycles. The molecule has 1 aliphatic carbocycles. The van der Waals surface area contributed by atoms with Crippen LogP contribution in [0, 0.1) is 5.92 Å². The highest BCUT2D eigenvalue weighted by atomic mass is 32.1. The van der Waals surface area contributed by atoms with E-state index in [4.69, 9.17) is 0 Å². The average Bonchev–Trinajstić information content (AvgIpc) is 3.24. The number of hydrogen-bond donors (Lipinski definition) is 3. The summed E-state index contributed by atoms with van der Waals surface area (Å²) in [6.07, 6.45) is 0.321. The lowest BCUT2D eigenvalue weighted by atomic mass is 9.82. The van der Waals surface area contributed by atoms with Crippen molar-refractivity contribution in [3.63, 3.8) is 0 Å². The SMILES string of the molecule is OC(O)C1CCC(c2ncc(-c3cccc(Nc4nccc(C(F)(F)F)n4)c3)s2)CC1. The largest absolute Gasteiger partial charge is 0.433 e. The summed E-state index contributed by atoms with van der Waals surface area (Å²) in [5.74, 6) is 0.102. The van der Waals surface area contributed by atoms with E-state index in [2.05, 4.69) is 20.3 Å². The van der Waals surface area contributed by atoms with Crippen LogP contribution in [0.4, 0.5) is 24.8 Å². The maximum Gasteiger partial charge on any atom is 0.433 e. The molecule has 1 aliphatic rings. The molecule has 3 aromatic rings. The van der Waals surface area contributed by atoms with Crippen molar-refractivity contribution in [1.82, 2.24) is 15.0 Å². The number of nitrogens with one attached hydrogen (secondary N) is 1. The molecule has 1 aromatic carbocycles. The summed E-state index contributed by atoms with van der Waals surface area (Å²) in [7, 11) is 0. The van der Waals surface area contributed by atoms with E-state index in [0.717, 1.165) is 53.4 Å². The summed E-state index contributed by atoms with van der Waals surface area (Å²) in [6, 6.07) is 8.10. The van der Waals surface area contributed by atoms with Crippen LogP contribution >= 0.6 is 11.3 Å². The lowest BCUT2D eigenvalue weighted by molar-refractivity contribution is -0.141. The fraction of sp³-hybridized carbons (Fsp3) is 0.381. The Morgan fingerprint density at radius 3 is 2.55 bits per heavy atom. The number of rotatable bonds is 5. The summed E-state index contributed by atoms with van der Waals surface area (Å²) >= 11 is 1.58.